The quantitative estimate of drug-likeness (QED) is 0.903. The van der Waals surface area contributed by atoms with Crippen LogP contribution in [0.1, 0.15) is 21.8 Å². The number of aryl methyl sites for hydroxylation is 1. The summed E-state index contributed by atoms with van der Waals surface area (Å²) in [5.74, 6) is -1.21. The first-order valence-electron chi connectivity index (χ1n) is 5.12. The van der Waals surface area contributed by atoms with Gasteiger partial charge >= 0.3 is 5.97 Å². The summed E-state index contributed by atoms with van der Waals surface area (Å²) in [6.07, 6.45) is 1.26. The standard InChI is InChI=1S/C12H10FNO4/c1-7-10(14-6-18-7)5-17-11-4-8(13)2-3-9(11)12(15)16/h2-4,6H,5H2,1H3,(H,15,16). The Hall–Kier alpha value is -2.37. The number of benzene rings is 1. The van der Waals surface area contributed by atoms with E-state index in [9.17, 15) is 9.18 Å². The van der Waals surface area contributed by atoms with Crippen LogP contribution in [0.15, 0.2) is 29.0 Å². The molecule has 0 amide bonds. The van der Waals surface area contributed by atoms with Crippen molar-refractivity contribution in [1.82, 2.24) is 4.98 Å². The van der Waals surface area contributed by atoms with E-state index in [0.717, 1.165) is 18.2 Å². The van der Waals surface area contributed by atoms with Crippen LogP contribution in [0.25, 0.3) is 0 Å². The van der Waals surface area contributed by atoms with E-state index in [1.54, 1.807) is 6.92 Å². The van der Waals surface area contributed by atoms with Gasteiger partial charge in [0, 0.05) is 6.07 Å². The van der Waals surface area contributed by atoms with E-state index in [-0.39, 0.29) is 17.9 Å². The number of ether oxygens (including phenoxy) is 1. The number of aromatic carboxylic acids is 1. The molecule has 0 radical (unpaired) electrons. The van der Waals surface area contributed by atoms with Crippen molar-refractivity contribution >= 4 is 5.97 Å². The number of hydrogen-bond acceptors (Lipinski definition) is 4. The summed E-state index contributed by atoms with van der Waals surface area (Å²) in [6.45, 7) is 1.72. The van der Waals surface area contributed by atoms with Crippen LogP contribution >= 0.6 is 0 Å². The molecule has 1 N–H and O–H groups in total. The molecule has 1 aromatic heterocycles. The second-order valence-corrected chi connectivity index (χ2v) is 3.59. The summed E-state index contributed by atoms with van der Waals surface area (Å²) in [5.41, 5.74) is 0.438. The Morgan fingerprint density at radius 2 is 2.33 bits per heavy atom. The molecule has 0 unspecified atom stereocenters. The van der Waals surface area contributed by atoms with Crippen molar-refractivity contribution in [2.75, 3.05) is 0 Å². The van der Waals surface area contributed by atoms with Crippen LogP contribution in [-0.2, 0) is 6.61 Å². The number of halogens is 1. The molecule has 0 saturated carbocycles. The van der Waals surface area contributed by atoms with E-state index in [2.05, 4.69) is 4.98 Å². The molecule has 2 rings (SSSR count). The lowest BCUT2D eigenvalue weighted by Gasteiger charge is -2.08. The van der Waals surface area contributed by atoms with Crippen LogP contribution in [0.2, 0.25) is 0 Å². The second kappa shape index (κ2) is 4.87. The minimum atomic E-state index is -1.18. The van der Waals surface area contributed by atoms with Crippen LogP contribution in [0.3, 0.4) is 0 Å². The lowest BCUT2D eigenvalue weighted by molar-refractivity contribution is 0.0691. The molecule has 0 bridgehead atoms. The molecule has 6 heteroatoms. The van der Waals surface area contributed by atoms with Crippen molar-refractivity contribution in [3.05, 3.63) is 47.4 Å². The number of carboxylic acids is 1. The third-order valence-corrected chi connectivity index (χ3v) is 2.38. The van der Waals surface area contributed by atoms with E-state index in [4.69, 9.17) is 14.3 Å². The predicted octanol–water partition coefficient (Wildman–Crippen LogP) is 2.40. The molecule has 0 fully saturated rings. The molecule has 2 aromatic rings. The van der Waals surface area contributed by atoms with Crippen LogP contribution < -0.4 is 4.74 Å². The average molecular weight is 251 g/mol. The Labute approximate surface area is 102 Å². The highest BCUT2D eigenvalue weighted by Crippen LogP contribution is 2.21. The summed E-state index contributed by atoms with van der Waals surface area (Å²) >= 11 is 0. The molecule has 0 aliphatic carbocycles. The van der Waals surface area contributed by atoms with Crippen LogP contribution in [0.5, 0.6) is 5.75 Å². The Morgan fingerprint density at radius 3 is 2.94 bits per heavy atom. The molecule has 1 heterocycles. The van der Waals surface area contributed by atoms with Gasteiger partial charge in [-0.25, -0.2) is 14.2 Å². The summed E-state index contributed by atoms with van der Waals surface area (Å²) in [4.78, 5) is 14.8. The van der Waals surface area contributed by atoms with E-state index in [1.807, 2.05) is 0 Å². The highest BCUT2D eigenvalue weighted by molar-refractivity contribution is 5.90. The van der Waals surface area contributed by atoms with Gasteiger partial charge in [0.05, 0.1) is 0 Å². The van der Waals surface area contributed by atoms with Gasteiger partial charge in [-0.1, -0.05) is 0 Å². The Kier molecular flexibility index (Phi) is 3.27. The van der Waals surface area contributed by atoms with E-state index < -0.39 is 11.8 Å². The van der Waals surface area contributed by atoms with Gasteiger partial charge in [-0.15, -0.1) is 0 Å². The lowest BCUT2D eigenvalue weighted by atomic mass is 10.2. The summed E-state index contributed by atoms with van der Waals surface area (Å²) in [6, 6.07) is 3.25. The van der Waals surface area contributed by atoms with Crippen molar-refractivity contribution < 1.29 is 23.4 Å². The second-order valence-electron chi connectivity index (χ2n) is 3.59. The third-order valence-electron chi connectivity index (χ3n) is 2.38. The average Bonchev–Trinajstić information content (AvgIpc) is 2.72. The lowest BCUT2D eigenvalue weighted by Crippen LogP contribution is -2.04. The van der Waals surface area contributed by atoms with Gasteiger partial charge in [0.1, 0.15) is 35.2 Å². The number of carbonyl (C=O) groups is 1. The normalized spacial score (nSPS) is 10.3. The fourth-order valence-corrected chi connectivity index (χ4v) is 1.41. The van der Waals surface area contributed by atoms with Crippen molar-refractivity contribution in [3.63, 3.8) is 0 Å². The molecule has 5 nitrogen and oxygen atoms in total. The molecule has 0 aliphatic heterocycles. The minimum absolute atomic E-state index is 0.0199. The Morgan fingerprint density at radius 1 is 1.56 bits per heavy atom. The zero-order valence-corrected chi connectivity index (χ0v) is 9.51. The highest BCUT2D eigenvalue weighted by atomic mass is 19.1. The van der Waals surface area contributed by atoms with Crippen LogP contribution in [0.4, 0.5) is 4.39 Å². The van der Waals surface area contributed by atoms with Crippen LogP contribution in [-0.4, -0.2) is 16.1 Å². The maximum absolute atomic E-state index is 13.0. The Balaban J connectivity index is 2.20. The molecule has 0 atom stereocenters. The molecule has 0 saturated heterocycles. The van der Waals surface area contributed by atoms with Gasteiger partial charge in [-0.2, -0.15) is 0 Å². The third kappa shape index (κ3) is 2.48. The van der Waals surface area contributed by atoms with Gasteiger partial charge in [0.15, 0.2) is 6.39 Å². The largest absolute Gasteiger partial charge is 0.486 e. The molecular weight excluding hydrogens is 241 g/mol. The summed E-state index contributed by atoms with van der Waals surface area (Å²) in [5, 5.41) is 8.93. The van der Waals surface area contributed by atoms with E-state index in [1.165, 1.54) is 6.39 Å². The predicted molar refractivity (Wildman–Crippen MR) is 58.9 cm³/mol. The number of rotatable bonds is 4. The first-order valence-corrected chi connectivity index (χ1v) is 5.12. The summed E-state index contributed by atoms with van der Waals surface area (Å²) in [7, 11) is 0. The van der Waals surface area contributed by atoms with E-state index >= 15 is 0 Å². The highest BCUT2D eigenvalue weighted by Gasteiger charge is 2.13. The van der Waals surface area contributed by atoms with E-state index in [0.29, 0.717) is 11.5 Å². The van der Waals surface area contributed by atoms with Crippen molar-refractivity contribution in [1.29, 1.82) is 0 Å². The SMILES string of the molecule is Cc1ocnc1COc1cc(F)ccc1C(=O)O. The minimum Gasteiger partial charge on any atom is -0.486 e. The van der Waals surface area contributed by atoms with Crippen molar-refractivity contribution in [2.45, 2.75) is 13.5 Å². The Bertz CT molecular complexity index is 579. The van der Waals surface area contributed by atoms with Gasteiger partial charge in [0.25, 0.3) is 0 Å². The number of carboxylic acid groups (broad SMARTS) is 1. The van der Waals surface area contributed by atoms with Gasteiger partial charge in [-0.3, -0.25) is 0 Å². The van der Waals surface area contributed by atoms with Gasteiger partial charge in [-0.05, 0) is 19.1 Å². The molecule has 94 valence electrons. The molecule has 18 heavy (non-hydrogen) atoms. The molecule has 1 aromatic carbocycles. The van der Waals surface area contributed by atoms with Crippen LogP contribution in [0, 0.1) is 12.7 Å². The van der Waals surface area contributed by atoms with Crippen molar-refractivity contribution in [3.8, 4) is 5.75 Å². The zero-order chi connectivity index (χ0) is 13.1. The van der Waals surface area contributed by atoms with Gasteiger partial charge < -0.3 is 14.3 Å². The molecular formula is C12H10FNO4. The first kappa shape index (κ1) is 12.1. The number of oxazole rings is 1. The fourth-order valence-electron chi connectivity index (χ4n) is 1.41. The fraction of sp³-hybridized carbons (Fsp3) is 0.167. The summed E-state index contributed by atoms with van der Waals surface area (Å²) < 4.78 is 23.3. The smallest absolute Gasteiger partial charge is 0.339 e. The number of aromatic nitrogens is 1. The topological polar surface area (TPSA) is 72.6 Å². The van der Waals surface area contributed by atoms with Gasteiger partial charge in [0.2, 0.25) is 0 Å². The molecule has 0 aliphatic rings. The maximum Gasteiger partial charge on any atom is 0.339 e. The zero-order valence-electron chi connectivity index (χ0n) is 9.51. The first-order chi connectivity index (χ1) is 8.58. The monoisotopic (exact) mass is 251 g/mol. The molecule has 0 spiro atoms. The van der Waals surface area contributed by atoms with Crippen molar-refractivity contribution in [2.24, 2.45) is 0 Å². The maximum atomic E-state index is 13.0. The number of hydrogen-bond donors (Lipinski definition) is 1. The number of nitrogens with zero attached hydrogens (tertiary/aromatic N) is 1.